The number of halogens is 2. The van der Waals surface area contributed by atoms with Gasteiger partial charge in [-0.15, -0.1) is 0 Å². The van der Waals surface area contributed by atoms with E-state index in [2.05, 4.69) is 15.8 Å². The Kier molecular flexibility index (Phi) is 7.32. The van der Waals surface area contributed by atoms with Gasteiger partial charge in [0.05, 0.1) is 17.0 Å². The summed E-state index contributed by atoms with van der Waals surface area (Å²) in [5, 5.41) is 20.1. The number of hydrogen-bond donors (Lipinski definition) is 3. The predicted octanol–water partition coefficient (Wildman–Crippen LogP) is 4.28. The number of aromatic nitrogens is 3. The number of aryl methyl sites for hydroxylation is 2. The number of benzene rings is 1. The summed E-state index contributed by atoms with van der Waals surface area (Å²) in [5.41, 5.74) is 3.51. The van der Waals surface area contributed by atoms with E-state index in [9.17, 15) is 13.9 Å². The first-order valence-corrected chi connectivity index (χ1v) is 11.7. The van der Waals surface area contributed by atoms with Crippen molar-refractivity contribution in [3.05, 3.63) is 41.3 Å². The van der Waals surface area contributed by atoms with Crippen molar-refractivity contribution in [3.63, 3.8) is 0 Å². The summed E-state index contributed by atoms with van der Waals surface area (Å²) in [6.07, 6.45) is -0.655. The van der Waals surface area contributed by atoms with Crippen LogP contribution in [0.1, 0.15) is 36.3 Å². The number of anilines is 1. The van der Waals surface area contributed by atoms with E-state index in [1.807, 2.05) is 32.9 Å². The van der Waals surface area contributed by atoms with Crippen molar-refractivity contribution in [2.24, 2.45) is 0 Å². The second-order valence-corrected chi connectivity index (χ2v) is 9.06. The molecule has 1 saturated carbocycles. The summed E-state index contributed by atoms with van der Waals surface area (Å²) >= 11 is 0. The Labute approximate surface area is 203 Å². The van der Waals surface area contributed by atoms with Gasteiger partial charge in [-0.1, -0.05) is 17.3 Å². The lowest BCUT2D eigenvalue weighted by Gasteiger charge is -2.18. The van der Waals surface area contributed by atoms with Crippen molar-refractivity contribution in [3.8, 4) is 28.4 Å². The molecule has 10 heteroatoms. The molecule has 1 aromatic carbocycles. The van der Waals surface area contributed by atoms with Gasteiger partial charge in [-0.2, -0.15) is 0 Å². The highest BCUT2D eigenvalue weighted by molar-refractivity contribution is 5.74. The van der Waals surface area contributed by atoms with Crippen molar-refractivity contribution < 1.29 is 23.1 Å². The molecule has 1 fully saturated rings. The van der Waals surface area contributed by atoms with E-state index < -0.39 is 12.0 Å². The maximum Gasteiger partial charge on any atom is 0.250 e. The van der Waals surface area contributed by atoms with Gasteiger partial charge >= 0.3 is 0 Å². The van der Waals surface area contributed by atoms with E-state index in [4.69, 9.17) is 19.2 Å². The standard InChI is InChI=1S/C25H31F2N5O3/c1-14-22(21-15(2)32-35-16(21)3)30-24(31-23(14)29-18-8-9-25(26,27)11-18)17-6-5-7-20(10-17)34-13-19(33)12-28-4/h5-7,10,18-19,28,33H,8-9,11-13H2,1-4H3,(H,29,30,31). The van der Waals surface area contributed by atoms with Gasteiger partial charge in [-0.05, 0) is 46.4 Å². The molecule has 0 bridgehead atoms. The fourth-order valence-corrected chi connectivity index (χ4v) is 4.33. The van der Waals surface area contributed by atoms with Crippen LogP contribution in [0, 0.1) is 20.8 Å². The Balaban J connectivity index is 1.72. The summed E-state index contributed by atoms with van der Waals surface area (Å²) in [7, 11) is 1.76. The molecule has 0 radical (unpaired) electrons. The van der Waals surface area contributed by atoms with Gasteiger partial charge in [0, 0.05) is 36.6 Å². The van der Waals surface area contributed by atoms with Gasteiger partial charge in [-0.25, -0.2) is 18.7 Å². The number of rotatable bonds is 9. The van der Waals surface area contributed by atoms with Gasteiger partial charge in [0.1, 0.15) is 30.0 Å². The van der Waals surface area contributed by atoms with E-state index in [0.29, 0.717) is 53.1 Å². The summed E-state index contributed by atoms with van der Waals surface area (Å²) in [5.74, 6) is -0.576. The largest absolute Gasteiger partial charge is 0.491 e. The Morgan fingerprint density at radius 2 is 2.06 bits per heavy atom. The first-order chi connectivity index (χ1) is 16.7. The van der Waals surface area contributed by atoms with Crippen LogP contribution in [-0.4, -0.2) is 58.5 Å². The Bertz CT molecular complexity index is 1160. The minimum Gasteiger partial charge on any atom is -0.491 e. The van der Waals surface area contributed by atoms with Crippen LogP contribution in [0.5, 0.6) is 5.75 Å². The molecular weight excluding hydrogens is 456 g/mol. The van der Waals surface area contributed by atoms with Gasteiger partial charge in [0.15, 0.2) is 5.82 Å². The van der Waals surface area contributed by atoms with Crippen molar-refractivity contribution in [1.82, 2.24) is 20.4 Å². The highest BCUT2D eigenvalue weighted by atomic mass is 19.3. The molecule has 0 aliphatic heterocycles. The second-order valence-electron chi connectivity index (χ2n) is 9.06. The molecule has 3 N–H and O–H groups in total. The second kappa shape index (κ2) is 10.2. The lowest BCUT2D eigenvalue weighted by Crippen LogP contribution is -2.29. The third-order valence-electron chi connectivity index (χ3n) is 6.13. The summed E-state index contributed by atoms with van der Waals surface area (Å²) in [6, 6.07) is 6.87. The molecular formula is C25H31F2N5O3. The molecule has 2 aromatic heterocycles. The zero-order valence-corrected chi connectivity index (χ0v) is 20.4. The number of nitrogens with one attached hydrogen (secondary N) is 2. The Hall–Kier alpha value is -3.11. The van der Waals surface area contributed by atoms with Crippen LogP contribution < -0.4 is 15.4 Å². The summed E-state index contributed by atoms with van der Waals surface area (Å²) in [6.45, 7) is 6.06. The number of aliphatic hydroxyl groups excluding tert-OH is 1. The molecule has 188 valence electrons. The summed E-state index contributed by atoms with van der Waals surface area (Å²) in [4.78, 5) is 9.54. The van der Waals surface area contributed by atoms with Gasteiger partial charge in [0.2, 0.25) is 5.92 Å². The monoisotopic (exact) mass is 487 g/mol. The predicted molar refractivity (Wildman–Crippen MR) is 129 cm³/mol. The lowest BCUT2D eigenvalue weighted by atomic mass is 10.0. The number of hydrogen-bond acceptors (Lipinski definition) is 8. The number of alkyl halides is 2. The molecule has 2 unspecified atom stereocenters. The van der Waals surface area contributed by atoms with Crippen molar-refractivity contribution in [2.45, 2.75) is 58.1 Å². The van der Waals surface area contributed by atoms with Crippen LogP contribution in [0.15, 0.2) is 28.8 Å². The van der Waals surface area contributed by atoms with Crippen LogP contribution in [0.2, 0.25) is 0 Å². The van der Waals surface area contributed by atoms with Crippen LogP contribution in [0.4, 0.5) is 14.6 Å². The smallest absolute Gasteiger partial charge is 0.250 e. The molecule has 35 heavy (non-hydrogen) atoms. The fraction of sp³-hybridized carbons (Fsp3) is 0.480. The number of ether oxygens (including phenoxy) is 1. The van der Waals surface area contributed by atoms with Crippen molar-refractivity contribution in [1.29, 1.82) is 0 Å². The minimum atomic E-state index is -2.67. The first kappa shape index (κ1) is 25.0. The molecule has 1 aliphatic rings. The van der Waals surface area contributed by atoms with E-state index in [1.54, 1.807) is 19.2 Å². The number of nitrogens with zero attached hydrogens (tertiary/aromatic N) is 3. The van der Waals surface area contributed by atoms with E-state index >= 15 is 0 Å². The average molecular weight is 488 g/mol. The Morgan fingerprint density at radius 3 is 2.71 bits per heavy atom. The van der Waals surface area contributed by atoms with Crippen LogP contribution in [0.3, 0.4) is 0 Å². The molecule has 2 atom stereocenters. The molecule has 0 saturated heterocycles. The molecule has 0 spiro atoms. The van der Waals surface area contributed by atoms with Crippen molar-refractivity contribution >= 4 is 5.82 Å². The quantitative estimate of drug-likeness (QED) is 0.411. The van der Waals surface area contributed by atoms with Crippen LogP contribution in [0.25, 0.3) is 22.6 Å². The molecule has 4 rings (SSSR count). The van der Waals surface area contributed by atoms with Gasteiger partial charge in [-0.3, -0.25) is 0 Å². The number of aliphatic hydroxyl groups is 1. The minimum absolute atomic E-state index is 0.131. The first-order valence-electron chi connectivity index (χ1n) is 11.7. The molecule has 2 heterocycles. The fourth-order valence-electron chi connectivity index (χ4n) is 4.33. The Morgan fingerprint density at radius 1 is 1.26 bits per heavy atom. The third-order valence-corrected chi connectivity index (χ3v) is 6.13. The van der Waals surface area contributed by atoms with E-state index in [1.165, 1.54) is 0 Å². The zero-order chi connectivity index (χ0) is 25.2. The van der Waals surface area contributed by atoms with Crippen LogP contribution >= 0.6 is 0 Å². The SMILES string of the molecule is CNCC(O)COc1cccc(-c2nc(NC3CCC(F)(F)C3)c(C)c(-c3c(C)noc3C)n2)c1. The molecule has 0 amide bonds. The topological polar surface area (TPSA) is 105 Å². The summed E-state index contributed by atoms with van der Waals surface area (Å²) < 4.78 is 38.8. The molecule has 1 aliphatic carbocycles. The lowest BCUT2D eigenvalue weighted by molar-refractivity contribution is 0.00851. The van der Waals surface area contributed by atoms with E-state index in [0.717, 1.165) is 11.1 Å². The normalized spacial score (nSPS) is 18.0. The maximum atomic E-state index is 13.8. The molecule has 3 aromatic rings. The van der Waals surface area contributed by atoms with Gasteiger partial charge < -0.3 is 25.0 Å². The average Bonchev–Trinajstić information content (AvgIpc) is 3.34. The zero-order valence-electron chi connectivity index (χ0n) is 20.4. The van der Waals surface area contributed by atoms with Gasteiger partial charge in [0.25, 0.3) is 0 Å². The maximum absolute atomic E-state index is 13.8. The number of likely N-dealkylation sites (N-methyl/N-ethyl adjacent to an activating group) is 1. The van der Waals surface area contributed by atoms with E-state index in [-0.39, 0.29) is 25.5 Å². The molecule has 8 nitrogen and oxygen atoms in total. The highest BCUT2D eigenvalue weighted by Crippen LogP contribution is 2.38. The third kappa shape index (κ3) is 5.76. The highest BCUT2D eigenvalue weighted by Gasteiger charge is 2.39. The van der Waals surface area contributed by atoms with Crippen LogP contribution in [-0.2, 0) is 0 Å². The van der Waals surface area contributed by atoms with Crippen molar-refractivity contribution in [2.75, 3.05) is 25.5 Å².